The van der Waals surface area contributed by atoms with Gasteiger partial charge in [0.25, 0.3) is 0 Å². The Balaban J connectivity index is 1.93. The van der Waals surface area contributed by atoms with Crippen molar-refractivity contribution in [3.8, 4) is 0 Å². The molecule has 0 aliphatic rings. The summed E-state index contributed by atoms with van der Waals surface area (Å²) in [4.78, 5) is 11.6. The molecule has 0 fully saturated rings. The van der Waals surface area contributed by atoms with Gasteiger partial charge in [-0.1, -0.05) is 24.8 Å². The standard InChI is InChI=1S/C13H18N4O2S/c1-3-14-10(12(18)19-2)7-9-20-13-16-15-11-6-4-5-8-17(11)13/h4-6,8,10,14H,3,7,9H2,1-2H3. The zero-order valence-corrected chi connectivity index (χ0v) is 12.4. The number of ether oxygens (including phenoxy) is 1. The molecule has 0 radical (unpaired) electrons. The summed E-state index contributed by atoms with van der Waals surface area (Å²) in [6, 6.07) is 5.51. The molecule has 2 rings (SSSR count). The highest BCUT2D eigenvalue weighted by Crippen LogP contribution is 2.18. The van der Waals surface area contributed by atoms with Crippen LogP contribution in [0, 0.1) is 0 Å². The largest absolute Gasteiger partial charge is 0.468 e. The normalized spacial score (nSPS) is 12.5. The molecule has 0 saturated carbocycles. The number of hydrogen-bond acceptors (Lipinski definition) is 6. The van der Waals surface area contributed by atoms with Gasteiger partial charge < -0.3 is 10.1 Å². The van der Waals surface area contributed by atoms with Crippen LogP contribution in [-0.4, -0.2) is 46.0 Å². The number of aromatic nitrogens is 3. The van der Waals surface area contributed by atoms with E-state index < -0.39 is 0 Å². The first-order valence-corrected chi connectivity index (χ1v) is 7.48. The Labute approximate surface area is 121 Å². The Morgan fingerprint density at radius 2 is 2.35 bits per heavy atom. The lowest BCUT2D eigenvalue weighted by molar-refractivity contribution is -0.143. The number of rotatable bonds is 7. The predicted octanol–water partition coefficient (Wildman–Crippen LogP) is 1.36. The second kappa shape index (κ2) is 7.25. The summed E-state index contributed by atoms with van der Waals surface area (Å²) >= 11 is 1.58. The Bertz CT molecular complexity index is 572. The third-order valence-corrected chi connectivity index (χ3v) is 3.83. The monoisotopic (exact) mass is 294 g/mol. The molecule has 2 aromatic heterocycles. The molecular weight excluding hydrogens is 276 g/mol. The van der Waals surface area contributed by atoms with Gasteiger partial charge >= 0.3 is 5.97 Å². The molecule has 0 bridgehead atoms. The lowest BCUT2D eigenvalue weighted by atomic mass is 10.2. The SMILES string of the molecule is CCNC(CCSc1nnc2ccccn12)C(=O)OC. The predicted molar refractivity (Wildman–Crippen MR) is 77.8 cm³/mol. The van der Waals surface area contributed by atoms with Gasteiger partial charge in [-0.05, 0) is 25.1 Å². The van der Waals surface area contributed by atoms with Gasteiger partial charge in [0, 0.05) is 11.9 Å². The van der Waals surface area contributed by atoms with Crippen LogP contribution < -0.4 is 5.32 Å². The van der Waals surface area contributed by atoms with Gasteiger partial charge in [-0.3, -0.25) is 9.20 Å². The zero-order chi connectivity index (χ0) is 14.4. The van der Waals surface area contributed by atoms with Crippen LogP contribution in [0.4, 0.5) is 0 Å². The number of likely N-dealkylation sites (N-methyl/N-ethyl adjacent to an activating group) is 1. The van der Waals surface area contributed by atoms with E-state index in [1.807, 2.05) is 35.7 Å². The number of methoxy groups -OCH3 is 1. The maximum Gasteiger partial charge on any atom is 0.322 e. The summed E-state index contributed by atoms with van der Waals surface area (Å²) in [5.41, 5.74) is 0.825. The van der Waals surface area contributed by atoms with E-state index in [0.29, 0.717) is 6.42 Å². The summed E-state index contributed by atoms with van der Waals surface area (Å²) in [6.45, 7) is 2.70. The topological polar surface area (TPSA) is 68.5 Å². The maximum atomic E-state index is 11.6. The minimum atomic E-state index is -0.267. The first-order valence-electron chi connectivity index (χ1n) is 6.50. The van der Waals surface area contributed by atoms with E-state index in [4.69, 9.17) is 4.74 Å². The van der Waals surface area contributed by atoms with Crippen LogP contribution in [0.5, 0.6) is 0 Å². The van der Waals surface area contributed by atoms with E-state index in [-0.39, 0.29) is 12.0 Å². The van der Waals surface area contributed by atoms with Crippen molar-refractivity contribution in [1.82, 2.24) is 19.9 Å². The average molecular weight is 294 g/mol. The third kappa shape index (κ3) is 3.49. The number of thioether (sulfide) groups is 1. The van der Waals surface area contributed by atoms with E-state index in [2.05, 4.69) is 15.5 Å². The first kappa shape index (κ1) is 14.8. The molecule has 0 aromatic carbocycles. The van der Waals surface area contributed by atoms with Gasteiger partial charge in [-0.25, -0.2) is 0 Å². The van der Waals surface area contributed by atoms with Gasteiger partial charge in [-0.15, -0.1) is 10.2 Å². The fraction of sp³-hybridized carbons (Fsp3) is 0.462. The van der Waals surface area contributed by atoms with E-state index in [0.717, 1.165) is 23.1 Å². The lowest BCUT2D eigenvalue weighted by Crippen LogP contribution is -2.37. The van der Waals surface area contributed by atoms with Gasteiger partial charge in [0.05, 0.1) is 7.11 Å². The van der Waals surface area contributed by atoms with E-state index in [9.17, 15) is 4.79 Å². The lowest BCUT2D eigenvalue weighted by Gasteiger charge is -2.14. The summed E-state index contributed by atoms with van der Waals surface area (Å²) < 4.78 is 6.71. The molecule has 6 nitrogen and oxygen atoms in total. The molecule has 108 valence electrons. The summed E-state index contributed by atoms with van der Waals surface area (Å²) in [7, 11) is 1.41. The fourth-order valence-electron chi connectivity index (χ4n) is 1.88. The molecule has 0 aliphatic carbocycles. The van der Waals surface area contributed by atoms with E-state index in [1.165, 1.54) is 7.11 Å². The van der Waals surface area contributed by atoms with Gasteiger partial charge in [0.1, 0.15) is 6.04 Å². The van der Waals surface area contributed by atoms with Crippen LogP contribution >= 0.6 is 11.8 Å². The van der Waals surface area contributed by atoms with Crippen LogP contribution in [0.1, 0.15) is 13.3 Å². The second-order valence-corrected chi connectivity index (χ2v) is 5.24. The molecule has 1 unspecified atom stereocenters. The molecular formula is C13H18N4O2S. The molecule has 2 aromatic rings. The molecule has 0 saturated heterocycles. The molecule has 0 aliphatic heterocycles. The molecule has 7 heteroatoms. The Hall–Kier alpha value is -1.60. The Morgan fingerprint density at radius 1 is 1.50 bits per heavy atom. The number of nitrogens with zero attached hydrogens (tertiary/aromatic N) is 3. The van der Waals surface area contributed by atoms with Crippen LogP contribution in [0.2, 0.25) is 0 Å². The maximum absolute atomic E-state index is 11.6. The van der Waals surface area contributed by atoms with Crippen molar-refractivity contribution in [2.75, 3.05) is 19.4 Å². The van der Waals surface area contributed by atoms with Crippen molar-refractivity contribution in [2.24, 2.45) is 0 Å². The molecule has 1 atom stereocenters. The van der Waals surface area contributed by atoms with Crippen LogP contribution in [0.3, 0.4) is 0 Å². The minimum absolute atomic E-state index is 0.224. The Kier molecular flexibility index (Phi) is 5.37. The van der Waals surface area contributed by atoms with Crippen molar-refractivity contribution < 1.29 is 9.53 Å². The van der Waals surface area contributed by atoms with Gasteiger partial charge in [0.2, 0.25) is 0 Å². The highest BCUT2D eigenvalue weighted by molar-refractivity contribution is 7.99. The van der Waals surface area contributed by atoms with Crippen LogP contribution in [0.25, 0.3) is 5.65 Å². The first-order chi connectivity index (χ1) is 9.76. The average Bonchev–Trinajstić information content (AvgIpc) is 2.89. The van der Waals surface area contributed by atoms with Crippen molar-refractivity contribution in [3.05, 3.63) is 24.4 Å². The molecule has 2 heterocycles. The summed E-state index contributed by atoms with van der Waals surface area (Å²) in [5, 5.41) is 12.2. The number of hydrogen-bond donors (Lipinski definition) is 1. The number of carbonyl (C=O) groups is 1. The number of nitrogens with one attached hydrogen (secondary N) is 1. The van der Waals surface area contributed by atoms with E-state index >= 15 is 0 Å². The van der Waals surface area contributed by atoms with Crippen LogP contribution in [-0.2, 0) is 9.53 Å². The summed E-state index contributed by atoms with van der Waals surface area (Å²) in [6.07, 6.45) is 2.62. The summed E-state index contributed by atoms with van der Waals surface area (Å²) in [5.74, 6) is 0.543. The minimum Gasteiger partial charge on any atom is -0.468 e. The Morgan fingerprint density at radius 3 is 3.10 bits per heavy atom. The smallest absolute Gasteiger partial charge is 0.322 e. The molecule has 0 spiro atoms. The third-order valence-electron chi connectivity index (χ3n) is 2.86. The highest BCUT2D eigenvalue weighted by atomic mass is 32.2. The van der Waals surface area contributed by atoms with Crippen molar-refractivity contribution in [3.63, 3.8) is 0 Å². The number of fused-ring (bicyclic) bond motifs is 1. The van der Waals surface area contributed by atoms with Crippen LogP contribution in [0.15, 0.2) is 29.6 Å². The molecule has 20 heavy (non-hydrogen) atoms. The van der Waals surface area contributed by atoms with Crippen molar-refractivity contribution >= 4 is 23.4 Å². The second-order valence-electron chi connectivity index (χ2n) is 4.18. The number of esters is 1. The molecule has 1 N–H and O–H groups in total. The van der Waals surface area contributed by atoms with Gasteiger partial charge in [-0.2, -0.15) is 0 Å². The van der Waals surface area contributed by atoms with Crippen molar-refractivity contribution in [2.45, 2.75) is 24.5 Å². The van der Waals surface area contributed by atoms with Crippen molar-refractivity contribution in [1.29, 1.82) is 0 Å². The number of pyridine rings is 1. The van der Waals surface area contributed by atoms with Gasteiger partial charge in [0.15, 0.2) is 10.8 Å². The quantitative estimate of drug-likeness (QED) is 0.614. The number of carbonyl (C=O) groups excluding carboxylic acids is 1. The van der Waals surface area contributed by atoms with E-state index in [1.54, 1.807) is 11.8 Å². The highest BCUT2D eigenvalue weighted by Gasteiger charge is 2.17. The molecule has 0 amide bonds. The fourth-order valence-corrected chi connectivity index (χ4v) is 2.81. The zero-order valence-electron chi connectivity index (χ0n) is 11.6.